The van der Waals surface area contributed by atoms with Crippen LogP contribution in [0.1, 0.15) is 24.2 Å². The molecule has 0 spiro atoms. The molecule has 0 bridgehead atoms. The van der Waals surface area contributed by atoms with Crippen molar-refractivity contribution in [1.82, 2.24) is 4.90 Å². The Kier molecular flexibility index (Phi) is 4.04. The van der Waals surface area contributed by atoms with E-state index >= 15 is 0 Å². The lowest BCUT2D eigenvalue weighted by atomic mass is 10.1. The molecule has 0 aliphatic carbocycles. The van der Waals surface area contributed by atoms with Gasteiger partial charge in [-0.2, -0.15) is 0 Å². The second-order valence-electron chi connectivity index (χ2n) is 4.88. The van der Waals surface area contributed by atoms with Crippen LogP contribution in [0.25, 0.3) is 0 Å². The number of hydrogen-bond donors (Lipinski definition) is 1. The topological polar surface area (TPSA) is 41.6 Å². The SMILES string of the molecule is CNc1c(F)cccc1C(=O)N1CC(C)OC(C)C1. The van der Waals surface area contributed by atoms with Crippen molar-refractivity contribution in [2.45, 2.75) is 26.1 Å². The molecule has 2 atom stereocenters. The van der Waals surface area contributed by atoms with Gasteiger partial charge in [-0.3, -0.25) is 4.79 Å². The number of amides is 1. The number of ether oxygens (including phenoxy) is 1. The van der Waals surface area contributed by atoms with Crippen LogP contribution in [0.2, 0.25) is 0 Å². The number of nitrogens with zero attached hydrogens (tertiary/aromatic N) is 1. The lowest BCUT2D eigenvalue weighted by Crippen LogP contribution is -2.48. The summed E-state index contributed by atoms with van der Waals surface area (Å²) in [5, 5.41) is 2.75. The monoisotopic (exact) mass is 266 g/mol. The molecule has 5 heteroatoms. The molecule has 0 radical (unpaired) electrons. The van der Waals surface area contributed by atoms with Crippen molar-refractivity contribution in [3.8, 4) is 0 Å². The Morgan fingerprint density at radius 3 is 2.58 bits per heavy atom. The van der Waals surface area contributed by atoms with Crippen LogP contribution >= 0.6 is 0 Å². The van der Waals surface area contributed by atoms with Gasteiger partial charge in [0.25, 0.3) is 5.91 Å². The molecule has 19 heavy (non-hydrogen) atoms. The van der Waals surface area contributed by atoms with Crippen LogP contribution in [0, 0.1) is 5.82 Å². The minimum Gasteiger partial charge on any atom is -0.385 e. The van der Waals surface area contributed by atoms with Crippen molar-refractivity contribution in [2.75, 3.05) is 25.5 Å². The third-order valence-corrected chi connectivity index (χ3v) is 3.20. The molecule has 0 saturated carbocycles. The van der Waals surface area contributed by atoms with E-state index in [4.69, 9.17) is 4.74 Å². The molecule has 2 rings (SSSR count). The van der Waals surface area contributed by atoms with Gasteiger partial charge < -0.3 is 15.0 Å². The number of nitrogens with one attached hydrogen (secondary N) is 1. The van der Waals surface area contributed by atoms with Crippen molar-refractivity contribution in [2.24, 2.45) is 0 Å². The van der Waals surface area contributed by atoms with Gasteiger partial charge in [0.1, 0.15) is 5.82 Å². The average molecular weight is 266 g/mol. The fourth-order valence-corrected chi connectivity index (χ4v) is 2.47. The zero-order valence-electron chi connectivity index (χ0n) is 11.4. The fourth-order valence-electron chi connectivity index (χ4n) is 2.47. The molecule has 104 valence electrons. The number of hydrogen-bond acceptors (Lipinski definition) is 3. The van der Waals surface area contributed by atoms with Crippen LogP contribution in [0.3, 0.4) is 0 Å². The number of benzene rings is 1. The second-order valence-corrected chi connectivity index (χ2v) is 4.88. The minimum atomic E-state index is -0.414. The zero-order valence-corrected chi connectivity index (χ0v) is 11.4. The highest BCUT2D eigenvalue weighted by molar-refractivity contribution is 5.99. The van der Waals surface area contributed by atoms with Gasteiger partial charge in [0.05, 0.1) is 23.5 Å². The van der Waals surface area contributed by atoms with Gasteiger partial charge in [-0.05, 0) is 26.0 Å². The first-order valence-corrected chi connectivity index (χ1v) is 6.44. The van der Waals surface area contributed by atoms with Gasteiger partial charge in [0.2, 0.25) is 0 Å². The number of halogens is 1. The molecule has 2 unspecified atom stereocenters. The van der Waals surface area contributed by atoms with E-state index in [2.05, 4.69) is 5.32 Å². The molecule has 1 aromatic carbocycles. The highest BCUT2D eigenvalue weighted by Gasteiger charge is 2.28. The Hall–Kier alpha value is -1.62. The maximum atomic E-state index is 13.7. The second kappa shape index (κ2) is 5.57. The molecule has 1 heterocycles. The van der Waals surface area contributed by atoms with Gasteiger partial charge in [-0.15, -0.1) is 0 Å². The first kappa shape index (κ1) is 13.8. The summed E-state index contributed by atoms with van der Waals surface area (Å²) in [6, 6.07) is 4.53. The van der Waals surface area contributed by atoms with E-state index in [1.165, 1.54) is 6.07 Å². The third-order valence-electron chi connectivity index (χ3n) is 3.20. The Morgan fingerprint density at radius 2 is 2.00 bits per heavy atom. The van der Waals surface area contributed by atoms with E-state index < -0.39 is 5.82 Å². The van der Waals surface area contributed by atoms with Crippen molar-refractivity contribution in [1.29, 1.82) is 0 Å². The molecular formula is C14H19FN2O2. The maximum Gasteiger partial charge on any atom is 0.256 e. The summed E-state index contributed by atoms with van der Waals surface area (Å²) in [6.07, 6.45) is -0.00131. The largest absolute Gasteiger partial charge is 0.385 e. The van der Waals surface area contributed by atoms with Gasteiger partial charge in [-0.25, -0.2) is 4.39 Å². The van der Waals surface area contributed by atoms with E-state index in [0.717, 1.165) is 0 Å². The van der Waals surface area contributed by atoms with Crippen LogP contribution < -0.4 is 5.32 Å². The smallest absolute Gasteiger partial charge is 0.256 e. The Morgan fingerprint density at radius 1 is 1.37 bits per heavy atom. The predicted molar refractivity (Wildman–Crippen MR) is 71.9 cm³/mol. The summed E-state index contributed by atoms with van der Waals surface area (Å²) in [4.78, 5) is 14.2. The standard InChI is InChI=1S/C14H19FN2O2/c1-9-7-17(8-10(2)19-9)14(18)11-5-4-6-12(15)13(11)16-3/h4-6,9-10,16H,7-8H2,1-3H3. The Labute approximate surface area is 112 Å². The molecule has 1 aromatic rings. The van der Waals surface area contributed by atoms with Crippen molar-refractivity contribution in [3.63, 3.8) is 0 Å². The summed E-state index contributed by atoms with van der Waals surface area (Å²) in [5.74, 6) is -0.575. The quantitative estimate of drug-likeness (QED) is 0.891. The Balaban J connectivity index is 2.26. The van der Waals surface area contributed by atoms with Crippen LogP contribution in [0.4, 0.5) is 10.1 Å². The fraction of sp³-hybridized carbons (Fsp3) is 0.500. The minimum absolute atomic E-state index is 0.000653. The number of morpholine rings is 1. The highest BCUT2D eigenvalue weighted by Crippen LogP contribution is 2.22. The third kappa shape index (κ3) is 2.87. The summed E-state index contributed by atoms with van der Waals surface area (Å²) < 4.78 is 19.3. The van der Waals surface area contributed by atoms with E-state index in [1.807, 2.05) is 13.8 Å². The van der Waals surface area contributed by atoms with Crippen LogP contribution in [-0.2, 0) is 4.74 Å². The maximum absolute atomic E-state index is 13.7. The normalized spacial score (nSPS) is 23.3. The van der Waals surface area contributed by atoms with Crippen molar-refractivity contribution < 1.29 is 13.9 Å². The van der Waals surface area contributed by atoms with Crippen molar-refractivity contribution >= 4 is 11.6 Å². The summed E-state index contributed by atoms with van der Waals surface area (Å²) in [6.45, 7) is 4.92. The molecular weight excluding hydrogens is 247 g/mol. The van der Waals surface area contributed by atoms with E-state index in [0.29, 0.717) is 18.7 Å². The first-order chi connectivity index (χ1) is 9.02. The molecule has 4 nitrogen and oxygen atoms in total. The Bertz CT molecular complexity index is 469. The van der Waals surface area contributed by atoms with Gasteiger partial charge in [-0.1, -0.05) is 6.07 Å². The van der Waals surface area contributed by atoms with Crippen LogP contribution in [-0.4, -0.2) is 43.2 Å². The number of carbonyl (C=O) groups is 1. The summed E-state index contributed by atoms with van der Waals surface area (Å²) in [5.41, 5.74) is 0.614. The molecule has 1 aliphatic heterocycles. The zero-order chi connectivity index (χ0) is 14.0. The number of rotatable bonds is 2. The molecule has 1 saturated heterocycles. The summed E-state index contributed by atoms with van der Waals surface area (Å²) >= 11 is 0. The van der Waals surface area contributed by atoms with Gasteiger partial charge >= 0.3 is 0 Å². The van der Waals surface area contributed by atoms with E-state index in [1.54, 1.807) is 24.1 Å². The van der Waals surface area contributed by atoms with Crippen LogP contribution in [0.5, 0.6) is 0 Å². The van der Waals surface area contributed by atoms with Crippen LogP contribution in [0.15, 0.2) is 18.2 Å². The molecule has 1 amide bonds. The molecule has 1 fully saturated rings. The lowest BCUT2D eigenvalue weighted by molar-refractivity contribution is -0.0586. The molecule has 0 aromatic heterocycles. The molecule has 1 N–H and O–H groups in total. The van der Waals surface area contributed by atoms with Gasteiger partial charge in [0, 0.05) is 20.1 Å². The van der Waals surface area contributed by atoms with Gasteiger partial charge in [0.15, 0.2) is 0 Å². The average Bonchev–Trinajstić information content (AvgIpc) is 2.36. The number of anilines is 1. The van der Waals surface area contributed by atoms with Crippen molar-refractivity contribution in [3.05, 3.63) is 29.6 Å². The van der Waals surface area contributed by atoms with E-state index in [-0.39, 0.29) is 23.8 Å². The molecule has 1 aliphatic rings. The lowest BCUT2D eigenvalue weighted by Gasteiger charge is -2.35. The predicted octanol–water partition coefficient (Wildman–Crippen LogP) is 2.12. The number of carbonyl (C=O) groups excluding carboxylic acids is 1. The highest BCUT2D eigenvalue weighted by atomic mass is 19.1. The first-order valence-electron chi connectivity index (χ1n) is 6.44. The van der Waals surface area contributed by atoms with E-state index in [9.17, 15) is 9.18 Å². The number of para-hydroxylation sites is 1. The summed E-state index contributed by atoms with van der Waals surface area (Å²) in [7, 11) is 1.61.